The van der Waals surface area contributed by atoms with Gasteiger partial charge < -0.3 is 20.3 Å². The molecule has 4 heterocycles. The van der Waals surface area contributed by atoms with Crippen LogP contribution in [0.1, 0.15) is 23.9 Å². The number of ether oxygens (including phenoxy) is 1. The predicted octanol–water partition coefficient (Wildman–Crippen LogP) is 3.19. The number of hydrogen-bond acceptors (Lipinski definition) is 8. The van der Waals surface area contributed by atoms with E-state index in [4.69, 9.17) is 15.5 Å². The van der Waals surface area contributed by atoms with Crippen LogP contribution in [-0.4, -0.2) is 64.0 Å². The number of nitrogens with two attached hydrogens (primary N) is 1. The molecular formula is C25H26F2N8O. The van der Waals surface area contributed by atoms with Crippen molar-refractivity contribution in [1.29, 1.82) is 0 Å². The van der Waals surface area contributed by atoms with Crippen LogP contribution >= 0.6 is 0 Å². The van der Waals surface area contributed by atoms with Gasteiger partial charge in [-0.1, -0.05) is 18.2 Å². The second-order valence-corrected chi connectivity index (χ2v) is 8.50. The molecule has 1 aromatic carbocycles. The van der Waals surface area contributed by atoms with Gasteiger partial charge in [-0.05, 0) is 25.8 Å². The molecule has 3 aromatic rings. The second-order valence-electron chi connectivity index (χ2n) is 8.50. The average molecular weight is 493 g/mol. The SMILES string of the molecule is C=N/C=C(/C)N1C=C(c2c(N3CCOCC3)nc(N)n3nc(Cc4c(F)cccc4F)nc23)C=CC1. The molecule has 0 atom stereocenters. The summed E-state index contributed by atoms with van der Waals surface area (Å²) in [5, 5.41) is 4.46. The predicted molar refractivity (Wildman–Crippen MR) is 135 cm³/mol. The number of aliphatic imine (C=N–C) groups is 1. The molecule has 0 radical (unpaired) electrons. The van der Waals surface area contributed by atoms with Crippen molar-refractivity contribution in [2.45, 2.75) is 13.3 Å². The molecule has 0 bridgehead atoms. The number of fused-ring (bicyclic) bond motifs is 1. The molecule has 0 spiro atoms. The van der Waals surface area contributed by atoms with Crippen LogP contribution in [0.4, 0.5) is 20.5 Å². The summed E-state index contributed by atoms with van der Waals surface area (Å²) in [5.74, 6) is -0.286. The van der Waals surface area contributed by atoms with Crippen molar-refractivity contribution in [2.75, 3.05) is 43.5 Å². The van der Waals surface area contributed by atoms with Crippen molar-refractivity contribution < 1.29 is 13.5 Å². The number of rotatable bonds is 6. The smallest absolute Gasteiger partial charge is 0.225 e. The van der Waals surface area contributed by atoms with E-state index >= 15 is 0 Å². The maximum absolute atomic E-state index is 14.3. The summed E-state index contributed by atoms with van der Waals surface area (Å²) >= 11 is 0. The fourth-order valence-corrected chi connectivity index (χ4v) is 4.34. The Morgan fingerprint density at radius 2 is 1.97 bits per heavy atom. The summed E-state index contributed by atoms with van der Waals surface area (Å²) < 4.78 is 35.6. The van der Waals surface area contributed by atoms with Crippen molar-refractivity contribution in [1.82, 2.24) is 24.5 Å². The zero-order valence-electron chi connectivity index (χ0n) is 19.9. The molecule has 1 fully saturated rings. The minimum Gasteiger partial charge on any atom is -0.378 e. The molecule has 0 saturated carbocycles. The van der Waals surface area contributed by atoms with Crippen LogP contribution < -0.4 is 10.6 Å². The van der Waals surface area contributed by atoms with Crippen molar-refractivity contribution in [3.63, 3.8) is 0 Å². The van der Waals surface area contributed by atoms with Crippen LogP contribution in [0.3, 0.4) is 0 Å². The number of allylic oxidation sites excluding steroid dienone is 3. The fraction of sp³-hybridized carbons (Fsp3) is 0.280. The van der Waals surface area contributed by atoms with E-state index in [9.17, 15) is 8.78 Å². The van der Waals surface area contributed by atoms with E-state index in [2.05, 4.69) is 26.7 Å². The Hall–Kier alpha value is -4.12. The van der Waals surface area contributed by atoms with E-state index in [0.717, 1.165) is 16.8 Å². The molecule has 2 aromatic heterocycles. The van der Waals surface area contributed by atoms with E-state index in [1.54, 1.807) is 6.20 Å². The molecule has 9 nitrogen and oxygen atoms in total. The topological polar surface area (TPSA) is 97.2 Å². The summed E-state index contributed by atoms with van der Waals surface area (Å²) in [5.41, 5.74) is 9.14. The number of nitrogen functional groups attached to an aromatic ring is 1. The zero-order valence-corrected chi connectivity index (χ0v) is 19.9. The average Bonchev–Trinajstić information content (AvgIpc) is 3.31. The summed E-state index contributed by atoms with van der Waals surface area (Å²) in [6.45, 7) is 8.54. The second kappa shape index (κ2) is 9.86. The fourth-order valence-electron chi connectivity index (χ4n) is 4.34. The first-order valence-corrected chi connectivity index (χ1v) is 11.5. The monoisotopic (exact) mass is 492 g/mol. The molecular weight excluding hydrogens is 466 g/mol. The molecule has 36 heavy (non-hydrogen) atoms. The molecule has 0 aliphatic carbocycles. The lowest BCUT2D eigenvalue weighted by atomic mass is 10.0. The summed E-state index contributed by atoms with van der Waals surface area (Å²) in [7, 11) is 0. The van der Waals surface area contributed by atoms with Gasteiger partial charge in [-0.2, -0.15) is 9.50 Å². The first-order valence-electron chi connectivity index (χ1n) is 11.5. The minimum absolute atomic E-state index is 0.101. The molecule has 2 aliphatic heterocycles. The number of halogens is 2. The highest BCUT2D eigenvalue weighted by molar-refractivity contribution is 5.89. The van der Waals surface area contributed by atoms with Gasteiger partial charge in [0, 0.05) is 55.3 Å². The first kappa shape index (κ1) is 23.6. The largest absolute Gasteiger partial charge is 0.378 e. The van der Waals surface area contributed by atoms with E-state index in [-0.39, 0.29) is 23.8 Å². The van der Waals surface area contributed by atoms with E-state index in [1.165, 1.54) is 22.7 Å². The van der Waals surface area contributed by atoms with Crippen molar-refractivity contribution in [2.24, 2.45) is 4.99 Å². The number of nitrogens with zero attached hydrogens (tertiary/aromatic N) is 7. The van der Waals surface area contributed by atoms with Crippen LogP contribution in [0.15, 0.2) is 53.4 Å². The highest BCUT2D eigenvalue weighted by Gasteiger charge is 2.26. The highest BCUT2D eigenvalue weighted by atomic mass is 19.1. The Balaban J connectivity index is 1.67. The van der Waals surface area contributed by atoms with Gasteiger partial charge in [0.1, 0.15) is 17.5 Å². The third-order valence-corrected chi connectivity index (χ3v) is 6.16. The number of hydrogen-bond donors (Lipinski definition) is 1. The maximum atomic E-state index is 14.3. The van der Waals surface area contributed by atoms with Crippen LogP contribution in [0.25, 0.3) is 11.2 Å². The van der Waals surface area contributed by atoms with Crippen molar-refractivity contribution in [3.8, 4) is 0 Å². The van der Waals surface area contributed by atoms with Gasteiger partial charge in [0.2, 0.25) is 5.95 Å². The standard InChI is InChI=1S/C25H26F2N8O/c1-16(14-29-2)34-8-4-5-17(15-34)22-23(33-9-11-36-12-10-33)31-25(28)35-24(22)30-21(32-35)13-18-19(26)6-3-7-20(18)27/h3-7,14-15H,2,8-13H2,1H3,(H2,28,31)/b16-14-. The number of anilines is 2. The quantitative estimate of drug-likeness (QED) is 0.528. The van der Waals surface area contributed by atoms with Crippen LogP contribution in [0.2, 0.25) is 0 Å². The van der Waals surface area contributed by atoms with Gasteiger partial charge in [-0.3, -0.25) is 4.99 Å². The highest BCUT2D eigenvalue weighted by Crippen LogP contribution is 2.34. The molecule has 2 aliphatic rings. The Kier molecular flexibility index (Phi) is 6.47. The molecule has 0 unspecified atom stereocenters. The number of morpholine rings is 1. The van der Waals surface area contributed by atoms with E-state index in [0.29, 0.717) is 44.3 Å². The van der Waals surface area contributed by atoms with Gasteiger partial charge in [0.15, 0.2) is 11.5 Å². The summed E-state index contributed by atoms with van der Waals surface area (Å²) in [6.07, 6.45) is 7.56. The molecule has 5 rings (SSSR count). The van der Waals surface area contributed by atoms with Gasteiger partial charge in [0.25, 0.3) is 0 Å². The van der Waals surface area contributed by atoms with Gasteiger partial charge in [0.05, 0.1) is 18.8 Å². The van der Waals surface area contributed by atoms with Gasteiger partial charge >= 0.3 is 0 Å². The lowest BCUT2D eigenvalue weighted by Gasteiger charge is -2.31. The Morgan fingerprint density at radius 1 is 1.22 bits per heavy atom. The normalized spacial score (nSPS) is 16.5. The van der Waals surface area contributed by atoms with Gasteiger partial charge in [-0.25, -0.2) is 13.8 Å². The van der Waals surface area contributed by atoms with Crippen molar-refractivity contribution in [3.05, 3.63) is 77.0 Å². The van der Waals surface area contributed by atoms with Crippen LogP contribution in [-0.2, 0) is 11.2 Å². The third kappa shape index (κ3) is 4.44. The third-order valence-electron chi connectivity index (χ3n) is 6.16. The Bertz CT molecular complexity index is 1380. The van der Waals surface area contributed by atoms with Crippen molar-refractivity contribution >= 4 is 29.7 Å². The van der Waals surface area contributed by atoms with E-state index in [1.807, 2.05) is 30.2 Å². The lowest BCUT2D eigenvalue weighted by Crippen LogP contribution is -2.37. The summed E-state index contributed by atoms with van der Waals surface area (Å²) in [6, 6.07) is 3.75. The van der Waals surface area contributed by atoms with Crippen LogP contribution in [0, 0.1) is 11.6 Å². The van der Waals surface area contributed by atoms with E-state index < -0.39 is 11.6 Å². The first-order chi connectivity index (χ1) is 17.5. The Labute approximate surface area is 206 Å². The summed E-state index contributed by atoms with van der Waals surface area (Å²) in [4.78, 5) is 17.4. The molecule has 186 valence electrons. The minimum atomic E-state index is -0.652. The molecule has 2 N–H and O–H groups in total. The number of aromatic nitrogens is 4. The zero-order chi connectivity index (χ0) is 25.2. The maximum Gasteiger partial charge on any atom is 0.225 e. The Morgan fingerprint density at radius 3 is 2.69 bits per heavy atom. The molecule has 11 heteroatoms. The number of benzene rings is 1. The van der Waals surface area contributed by atoms with Crippen LogP contribution in [0.5, 0.6) is 0 Å². The molecule has 1 saturated heterocycles. The lowest BCUT2D eigenvalue weighted by molar-refractivity contribution is 0.122. The van der Waals surface area contributed by atoms with Gasteiger partial charge in [-0.15, -0.1) is 5.10 Å². The molecule has 0 amide bonds.